The first kappa shape index (κ1) is 27.5. The molecule has 0 bridgehead atoms. The van der Waals surface area contributed by atoms with Crippen LogP contribution >= 0.6 is 0 Å². The van der Waals surface area contributed by atoms with Crippen molar-refractivity contribution in [1.82, 2.24) is 19.6 Å². The minimum Gasteiger partial charge on any atom is -0.337 e. The summed E-state index contributed by atoms with van der Waals surface area (Å²) >= 11 is 0. The Bertz CT molecular complexity index is 1440. The number of carbonyl (C=O) groups is 2. The van der Waals surface area contributed by atoms with Crippen molar-refractivity contribution in [1.29, 1.82) is 0 Å². The Kier molecular flexibility index (Phi) is 7.21. The molecular weight excluding hydrogens is 533 g/mol. The number of benzene rings is 2. The normalized spacial score (nSPS) is 18.9. The Morgan fingerprint density at radius 2 is 1.57 bits per heavy atom. The quantitative estimate of drug-likeness (QED) is 0.344. The fraction of sp³-hybridized carbons (Fsp3) is 0.321. The fourth-order valence-electron chi connectivity index (χ4n) is 4.97. The number of halogens is 5. The summed E-state index contributed by atoms with van der Waals surface area (Å²) in [5.74, 6) is -5.22. The molecule has 7 nitrogen and oxygen atoms in total. The smallest absolute Gasteiger partial charge is 0.337 e. The molecule has 1 aromatic heterocycles. The van der Waals surface area contributed by atoms with Gasteiger partial charge < -0.3 is 14.7 Å². The molecule has 5 rings (SSSR count). The van der Waals surface area contributed by atoms with Gasteiger partial charge in [-0.3, -0.25) is 9.59 Å². The molecule has 0 spiro atoms. The number of allylic oxidation sites excluding steroid dienone is 1. The van der Waals surface area contributed by atoms with E-state index in [-0.39, 0.29) is 16.9 Å². The fourth-order valence-corrected chi connectivity index (χ4v) is 4.97. The molecule has 2 aliphatic rings. The van der Waals surface area contributed by atoms with Gasteiger partial charge in [0.2, 0.25) is 5.91 Å². The molecule has 1 fully saturated rings. The van der Waals surface area contributed by atoms with Crippen LogP contribution in [0.5, 0.6) is 0 Å². The summed E-state index contributed by atoms with van der Waals surface area (Å²) in [6, 6.07) is 13.2. The van der Waals surface area contributed by atoms with Gasteiger partial charge in [-0.2, -0.15) is 18.3 Å². The molecule has 12 heteroatoms. The molecule has 3 heterocycles. The van der Waals surface area contributed by atoms with Crippen LogP contribution in [0.3, 0.4) is 0 Å². The van der Waals surface area contributed by atoms with Gasteiger partial charge in [0.05, 0.1) is 23.1 Å². The van der Waals surface area contributed by atoms with Crippen LogP contribution in [-0.4, -0.2) is 77.1 Å². The Morgan fingerprint density at radius 3 is 2.25 bits per heavy atom. The first-order chi connectivity index (χ1) is 19.0. The highest BCUT2D eigenvalue weighted by Gasteiger charge is 2.45. The molecule has 40 heavy (non-hydrogen) atoms. The zero-order valence-corrected chi connectivity index (χ0v) is 21.5. The molecular formula is C28H26F5N5O2. The van der Waals surface area contributed by atoms with E-state index in [1.54, 1.807) is 6.07 Å². The van der Waals surface area contributed by atoms with E-state index in [0.29, 0.717) is 30.9 Å². The maximum Gasteiger partial charge on any atom is 0.434 e. The molecule has 210 valence electrons. The molecule has 0 N–H and O–H groups in total. The van der Waals surface area contributed by atoms with E-state index in [0.717, 1.165) is 17.2 Å². The minimum absolute atomic E-state index is 0.0114. The topological polar surface area (TPSA) is 61.7 Å². The van der Waals surface area contributed by atoms with Crippen LogP contribution in [0.1, 0.15) is 28.0 Å². The molecule has 0 saturated carbocycles. The van der Waals surface area contributed by atoms with Gasteiger partial charge in [-0.05, 0) is 25.2 Å². The largest absolute Gasteiger partial charge is 0.434 e. The lowest BCUT2D eigenvalue weighted by atomic mass is 9.96. The zero-order chi connectivity index (χ0) is 28.7. The first-order valence-corrected chi connectivity index (χ1v) is 12.7. The Balaban J connectivity index is 1.56. The zero-order valence-electron chi connectivity index (χ0n) is 21.5. The number of anilines is 1. The standard InChI is InChI=1S/C28H26F5N5O2/c1-35-13-15-36(16-14-35)24(39)17-22-20-9-5-6-10-23(20)37(12-11-27(22,29)30)26(40)21-18-34-38(25(21)28(31,32)33)19-7-3-2-4-8-19/h2-10,17-18H,11-16H2,1H3. The summed E-state index contributed by atoms with van der Waals surface area (Å²) in [7, 11) is 1.90. The molecule has 0 unspecified atom stereocenters. The van der Waals surface area contributed by atoms with Gasteiger partial charge in [-0.1, -0.05) is 36.4 Å². The van der Waals surface area contributed by atoms with Crippen LogP contribution in [0.2, 0.25) is 0 Å². The second-order valence-corrected chi connectivity index (χ2v) is 9.77. The number of alkyl halides is 5. The average Bonchev–Trinajstić information content (AvgIpc) is 3.35. The summed E-state index contributed by atoms with van der Waals surface area (Å²) in [5.41, 5.74) is -2.66. The van der Waals surface area contributed by atoms with Crippen LogP contribution in [0.4, 0.5) is 27.6 Å². The third-order valence-electron chi connectivity index (χ3n) is 7.13. The van der Waals surface area contributed by atoms with Crippen molar-refractivity contribution in [2.24, 2.45) is 0 Å². The van der Waals surface area contributed by atoms with Crippen molar-refractivity contribution in [2.75, 3.05) is 44.7 Å². The Labute approximate surface area is 227 Å². The summed E-state index contributed by atoms with van der Waals surface area (Å²) < 4.78 is 74.5. The molecule has 3 aromatic rings. The van der Waals surface area contributed by atoms with Gasteiger partial charge >= 0.3 is 6.18 Å². The van der Waals surface area contributed by atoms with Gasteiger partial charge in [0.25, 0.3) is 11.8 Å². The van der Waals surface area contributed by atoms with Crippen molar-refractivity contribution in [3.63, 3.8) is 0 Å². The van der Waals surface area contributed by atoms with Crippen molar-refractivity contribution < 1.29 is 31.5 Å². The minimum atomic E-state index is -4.97. The van der Waals surface area contributed by atoms with Crippen LogP contribution in [0, 0.1) is 0 Å². The molecule has 0 atom stereocenters. The van der Waals surface area contributed by atoms with E-state index >= 15 is 8.78 Å². The number of fused-ring (bicyclic) bond motifs is 1. The highest BCUT2D eigenvalue weighted by atomic mass is 19.4. The number of hydrogen-bond donors (Lipinski definition) is 0. The van der Waals surface area contributed by atoms with Crippen LogP contribution in [0.15, 0.2) is 66.9 Å². The molecule has 1 saturated heterocycles. The van der Waals surface area contributed by atoms with E-state index in [1.165, 1.54) is 53.4 Å². The van der Waals surface area contributed by atoms with E-state index in [9.17, 15) is 22.8 Å². The predicted octanol–water partition coefficient (Wildman–Crippen LogP) is 4.73. The summed E-state index contributed by atoms with van der Waals surface area (Å²) in [5, 5.41) is 3.82. The lowest BCUT2D eigenvalue weighted by Crippen LogP contribution is -2.46. The van der Waals surface area contributed by atoms with E-state index in [2.05, 4.69) is 5.10 Å². The maximum absolute atomic E-state index is 15.5. The monoisotopic (exact) mass is 559 g/mol. The van der Waals surface area contributed by atoms with E-state index in [4.69, 9.17) is 0 Å². The van der Waals surface area contributed by atoms with Gasteiger partial charge in [0, 0.05) is 56.4 Å². The highest BCUT2D eigenvalue weighted by molar-refractivity contribution is 6.09. The third kappa shape index (κ3) is 5.23. The molecule has 0 radical (unpaired) electrons. The number of aromatic nitrogens is 2. The van der Waals surface area contributed by atoms with Crippen molar-refractivity contribution >= 4 is 23.1 Å². The Morgan fingerprint density at radius 1 is 0.925 bits per heavy atom. The van der Waals surface area contributed by atoms with Crippen LogP contribution in [0.25, 0.3) is 11.3 Å². The maximum atomic E-state index is 15.5. The number of para-hydroxylation sites is 2. The number of amides is 2. The first-order valence-electron chi connectivity index (χ1n) is 12.7. The summed E-state index contributed by atoms with van der Waals surface area (Å²) in [6.07, 6.45) is -4.15. The van der Waals surface area contributed by atoms with Crippen molar-refractivity contribution in [3.8, 4) is 5.69 Å². The molecule has 0 aliphatic carbocycles. The van der Waals surface area contributed by atoms with Gasteiger partial charge in [0.1, 0.15) is 0 Å². The molecule has 2 aromatic carbocycles. The van der Waals surface area contributed by atoms with Gasteiger partial charge in [-0.25, -0.2) is 13.5 Å². The molecule has 2 amide bonds. The number of hydrogen-bond acceptors (Lipinski definition) is 4. The highest BCUT2D eigenvalue weighted by Crippen LogP contribution is 2.44. The number of likely N-dealkylation sites (N-methyl/N-ethyl adjacent to an activating group) is 1. The summed E-state index contributed by atoms with van der Waals surface area (Å²) in [6.45, 7) is 1.38. The second-order valence-electron chi connectivity index (χ2n) is 9.77. The van der Waals surface area contributed by atoms with Gasteiger partial charge in [-0.15, -0.1) is 0 Å². The number of carbonyl (C=O) groups excluding carboxylic acids is 2. The summed E-state index contributed by atoms with van der Waals surface area (Å²) in [4.78, 5) is 31.1. The number of piperazine rings is 1. The van der Waals surface area contributed by atoms with Crippen molar-refractivity contribution in [2.45, 2.75) is 18.5 Å². The lowest BCUT2D eigenvalue weighted by molar-refractivity contribution is -0.143. The van der Waals surface area contributed by atoms with Gasteiger partial charge in [0.15, 0.2) is 5.69 Å². The average molecular weight is 560 g/mol. The van der Waals surface area contributed by atoms with E-state index < -0.39 is 53.7 Å². The molecule has 2 aliphatic heterocycles. The van der Waals surface area contributed by atoms with Crippen molar-refractivity contribution in [3.05, 3.63) is 83.7 Å². The Hall–Kier alpha value is -4.06. The van der Waals surface area contributed by atoms with Crippen LogP contribution in [-0.2, 0) is 11.0 Å². The second kappa shape index (κ2) is 10.5. The SMILES string of the molecule is CN1CCN(C(=O)C=C2c3ccccc3N(C(=O)c3cnn(-c4ccccc4)c3C(F)(F)F)CCC2(F)F)CC1. The lowest BCUT2D eigenvalue weighted by Gasteiger charge is -2.32. The number of nitrogens with zero attached hydrogens (tertiary/aromatic N) is 5. The van der Waals surface area contributed by atoms with Crippen LogP contribution < -0.4 is 4.90 Å². The number of rotatable bonds is 3. The van der Waals surface area contributed by atoms with E-state index in [1.807, 2.05) is 11.9 Å². The predicted molar refractivity (Wildman–Crippen MR) is 138 cm³/mol. The third-order valence-corrected chi connectivity index (χ3v) is 7.13.